The summed E-state index contributed by atoms with van der Waals surface area (Å²) in [5.41, 5.74) is 2.40. The SMILES string of the molecule is COc1cccc(NC(=O)CSc2nnc(NC(=O)c3ccc(C(C)(C)C)cc3)s2)c1. The molecule has 2 amide bonds. The van der Waals surface area contributed by atoms with E-state index in [1.165, 1.54) is 23.1 Å². The molecule has 162 valence electrons. The molecule has 0 unspecified atom stereocenters. The minimum absolute atomic E-state index is 0.0270. The Morgan fingerprint density at radius 3 is 2.48 bits per heavy atom. The number of ether oxygens (including phenoxy) is 1. The third-order valence-electron chi connectivity index (χ3n) is 4.32. The highest BCUT2D eigenvalue weighted by Gasteiger charge is 2.15. The van der Waals surface area contributed by atoms with E-state index in [0.717, 1.165) is 5.56 Å². The predicted molar refractivity (Wildman–Crippen MR) is 125 cm³/mol. The molecule has 2 aromatic carbocycles. The summed E-state index contributed by atoms with van der Waals surface area (Å²) in [6.07, 6.45) is 0. The predicted octanol–water partition coefficient (Wildman–Crippen LogP) is 4.83. The maximum absolute atomic E-state index is 12.5. The van der Waals surface area contributed by atoms with Gasteiger partial charge in [0.05, 0.1) is 12.9 Å². The number of carbonyl (C=O) groups is 2. The van der Waals surface area contributed by atoms with E-state index in [2.05, 4.69) is 41.6 Å². The highest BCUT2D eigenvalue weighted by molar-refractivity contribution is 8.01. The van der Waals surface area contributed by atoms with E-state index in [9.17, 15) is 9.59 Å². The second-order valence-corrected chi connectivity index (χ2v) is 9.92. The highest BCUT2D eigenvalue weighted by atomic mass is 32.2. The average molecular weight is 457 g/mol. The Balaban J connectivity index is 1.51. The fourth-order valence-electron chi connectivity index (χ4n) is 2.63. The molecule has 1 heterocycles. The lowest BCUT2D eigenvalue weighted by Crippen LogP contribution is -2.14. The van der Waals surface area contributed by atoms with Crippen LogP contribution >= 0.6 is 23.1 Å². The normalized spacial score (nSPS) is 11.1. The highest BCUT2D eigenvalue weighted by Crippen LogP contribution is 2.27. The molecule has 0 aliphatic rings. The van der Waals surface area contributed by atoms with Crippen molar-refractivity contribution in [2.24, 2.45) is 0 Å². The molecule has 3 rings (SSSR count). The minimum atomic E-state index is -0.246. The fraction of sp³-hybridized carbons (Fsp3) is 0.273. The molecular weight excluding hydrogens is 432 g/mol. The first-order valence-electron chi connectivity index (χ1n) is 9.57. The zero-order valence-corrected chi connectivity index (χ0v) is 19.4. The van der Waals surface area contributed by atoms with Gasteiger partial charge in [-0.05, 0) is 35.2 Å². The van der Waals surface area contributed by atoms with Crippen molar-refractivity contribution in [2.45, 2.75) is 30.5 Å². The molecule has 0 saturated heterocycles. The van der Waals surface area contributed by atoms with E-state index in [1.807, 2.05) is 12.1 Å². The Labute approximate surface area is 189 Å². The molecule has 0 saturated carbocycles. The number of benzene rings is 2. The number of carbonyl (C=O) groups excluding carboxylic acids is 2. The molecule has 0 spiro atoms. The maximum Gasteiger partial charge on any atom is 0.257 e. The zero-order valence-electron chi connectivity index (χ0n) is 17.8. The van der Waals surface area contributed by atoms with Crippen LogP contribution in [0.25, 0.3) is 0 Å². The summed E-state index contributed by atoms with van der Waals surface area (Å²) < 4.78 is 5.74. The topological polar surface area (TPSA) is 93.2 Å². The van der Waals surface area contributed by atoms with Gasteiger partial charge >= 0.3 is 0 Å². The Morgan fingerprint density at radius 1 is 1.06 bits per heavy atom. The number of rotatable bonds is 7. The van der Waals surface area contributed by atoms with Gasteiger partial charge in [0.2, 0.25) is 11.0 Å². The number of hydrogen-bond donors (Lipinski definition) is 2. The van der Waals surface area contributed by atoms with Crippen molar-refractivity contribution in [1.29, 1.82) is 0 Å². The first kappa shape index (κ1) is 22.8. The molecule has 31 heavy (non-hydrogen) atoms. The molecular formula is C22H24N4O3S2. The van der Waals surface area contributed by atoms with Crippen LogP contribution in [0.15, 0.2) is 52.9 Å². The second-order valence-electron chi connectivity index (χ2n) is 7.72. The summed E-state index contributed by atoms with van der Waals surface area (Å²) >= 11 is 2.48. The van der Waals surface area contributed by atoms with Crippen molar-refractivity contribution in [3.8, 4) is 5.75 Å². The van der Waals surface area contributed by atoms with Crippen LogP contribution < -0.4 is 15.4 Å². The van der Waals surface area contributed by atoms with E-state index in [-0.39, 0.29) is 23.0 Å². The van der Waals surface area contributed by atoms with Gasteiger partial charge in [-0.1, -0.05) is 62.1 Å². The number of methoxy groups -OCH3 is 1. The Bertz CT molecular complexity index is 1060. The summed E-state index contributed by atoms with van der Waals surface area (Å²) in [7, 11) is 1.57. The molecule has 0 radical (unpaired) electrons. The number of nitrogens with zero attached hydrogens (tertiary/aromatic N) is 2. The number of amides is 2. The molecule has 0 aliphatic carbocycles. The van der Waals surface area contributed by atoms with E-state index in [0.29, 0.717) is 26.5 Å². The van der Waals surface area contributed by atoms with Gasteiger partial charge in [0.15, 0.2) is 4.34 Å². The third-order valence-corrected chi connectivity index (χ3v) is 6.29. The van der Waals surface area contributed by atoms with Gasteiger partial charge in [-0.25, -0.2) is 0 Å². The van der Waals surface area contributed by atoms with E-state index >= 15 is 0 Å². The average Bonchev–Trinajstić information content (AvgIpc) is 3.19. The fourth-order valence-corrected chi connectivity index (χ4v) is 4.18. The molecule has 2 N–H and O–H groups in total. The lowest BCUT2D eigenvalue weighted by molar-refractivity contribution is -0.113. The van der Waals surface area contributed by atoms with Crippen molar-refractivity contribution in [2.75, 3.05) is 23.5 Å². The van der Waals surface area contributed by atoms with Crippen LogP contribution in [-0.2, 0) is 10.2 Å². The largest absolute Gasteiger partial charge is 0.497 e. The molecule has 0 bridgehead atoms. The van der Waals surface area contributed by atoms with Crippen molar-refractivity contribution in [3.05, 3.63) is 59.7 Å². The van der Waals surface area contributed by atoms with Crippen molar-refractivity contribution < 1.29 is 14.3 Å². The molecule has 9 heteroatoms. The summed E-state index contributed by atoms with van der Waals surface area (Å²) in [4.78, 5) is 24.6. The standard InChI is InChI=1S/C22H24N4O3S2/c1-22(2,3)15-10-8-14(9-11-15)19(28)24-20-25-26-21(31-20)30-13-18(27)23-16-6-5-7-17(12-16)29-4/h5-12H,13H2,1-4H3,(H,23,27)(H,24,25,28). The Kier molecular flexibility index (Phi) is 7.29. The van der Waals surface area contributed by atoms with E-state index < -0.39 is 0 Å². The number of hydrogen-bond acceptors (Lipinski definition) is 7. The van der Waals surface area contributed by atoms with Gasteiger partial charge in [0.1, 0.15) is 5.75 Å². The molecule has 3 aromatic rings. The zero-order chi connectivity index (χ0) is 22.4. The summed E-state index contributed by atoms with van der Waals surface area (Å²) in [6.45, 7) is 6.37. The Morgan fingerprint density at radius 2 is 1.81 bits per heavy atom. The van der Waals surface area contributed by atoms with Crippen LogP contribution in [-0.4, -0.2) is 34.9 Å². The third kappa shape index (κ3) is 6.53. The summed E-state index contributed by atoms with van der Waals surface area (Å²) in [5, 5.41) is 14.0. The van der Waals surface area contributed by atoms with Gasteiger partial charge in [-0.3, -0.25) is 14.9 Å². The van der Waals surface area contributed by atoms with Crippen LogP contribution in [0.1, 0.15) is 36.7 Å². The quantitative estimate of drug-likeness (QED) is 0.391. The smallest absolute Gasteiger partial charge is 0.257 e. The van der Waals surface area contributed by atoms with Crippen LogP contribution in [0.3, 0.4) is 0 Å². The van der Waals surface area contributed by atoms with Gasteiger partial charge in [-0.15, -0.1) is 10.2 Å². The van der Waals surface area contributed by atoms with E-state index in [4.69, 9.17) is 4.74 Å². The van der Waals surface area contributed by atoms with Crippen LogP contribution in [0.2, 0.25) is 0 Å². The van der Waals surface area contributed by atoms with Crippen molar-refractivity contribution in [1.82, 2.24) is 10.2 Å². The molecule has 0 aliphatic heterocycles. The van der Waals surface area contributed by atoms with Crippen LogP contribution in [0, 0.1) is 0 Å². The van der Waals surface area contributed by atoms with Crippen molar-refractivity contribution in [3.63, 3.8) is 0 Å². The monoisotopic (exact) mass is 456 g/mol. The van der Waals surface area contributed by atoms with Gasteiger partial charge in [0.25, 0.3) is 5.91 Å². The number of aromatic nitrogens is 2. The van der Waals surface area contributed by atoms with Gasteiger partial charge in [0, 0.05) is 17.3 Å². The molecule has 0 atom stereocenters. The second kappa shape index (κ2) is 9.93. The molecule has 7 nitrogen and oxygen atoms in total. The van der Waals surface area contributed by atoms with Crippen LogP contribution in [0.4, 0.5) is 10.8 Å². The van der Waals surface area contributed by atoms with E-state index in [1.54, 1.807) is 43.5 Å². The molecule has 0 fully saturated rings. The van der Waals surface area contributed by atoms with Gasteiger partial charge in [-0.2, -0.15) is 0 Å². The number of thioether (sulfide) groups is 1. The summed E-state index contributed by atoms with van der Waals surface area (Å²) in [6, 6.07) is 14.7. The first-order chi connectivity index (χ1) is 14.7. The first-order valence-corrected chi connectivity index (χ1v) is 11.4. The minimum Gasteiger partial charge on any atom is -0.497 e. The molecule has 1 aromatic heterocycles. The number of nitrogens with one attached hydrogen (secondary N) is 2. The Hall–Kier alpha value is -2.91. The lowest BCUT2D eigenvalue weighted by Gasteiger charge is -2.18. The summed E-state index contributed by atoms with van der Waals surface area (Å²) in [5.74, 6) is 0.429. The van der Waals surface area contributed by atoms with Crippen LogP contribution in [0.5, 0.6) is 5.75 Å². The van der Waals surface area contributed by atoms with Gasteiger partial charge < -0.3 is 10.1 Å². The number of anilines is 2. The lowest BCUT2D eigenvalue weighted by atomic mass is 9.87. The maximum atomic E-state index is 12.5. The van der Waals surface area contributed by atoms with Crippen molar-refractivity contribution >= 4 is 45.7 Å².